The molecule has 0 aromatic heterocycles. The second kappa shape index (κ2) is 9.42. The predicted octanol–water partition coefficient (Wildman–Crippen LogP) is 2.01. The van der Waals surface area contributed by atoms with E-state index in [-0.39, 0.29) is 29.0 Å². The highest BCUT2D eigenvalue weighted by atomic mass is 32.2. The highest BCUT2D eigenvalue weighted by Crippen LogP contribution is 2.13. The number of hydrogen-bond acceptors (Lipinski definition) is 5. The Morgan fingerprint density at radius 3 is 2.42 bits per heavy atom. The zero-order valence-electron chi connectivity index (χ0n) is 14.4. The third kappa shape index (κ3) is 7.12. The van der Waals surface area contributed by atoms with Gasteiger partial charge in [0.05, 0.1) is 17.1 Å². The van der Waals surface area contributed by atoms with Gasteiger partial charge >= 0.3 is 5.97 Å². The molecule has 1 atom stereocenters. The Labute approximate surface area is 143 Å². The molecule has 0 bridgehead atoms. The summed E-state index contributed by atoms with van der Waals surface area (Å²) in [5, 5.41) is 2.71. The molecular weight excluding hydrogens is 330 g/mol. The minimum atomic E-state index is -3.54. The first kappa shape index (κ1) is 20.2. The van der Waals surface area contributed by atoms with Crippen molar-refractivity contribution in [2.24, 2.45) is 0 Å². The number of esters is 1. The second-order valence-corrected chi connectivity index (χ2v) is 7.91. The number of carbonyl (C=O) groups is 2. The van der Waals surface area contributed by atoms with Crippen LogP contribution in [0.25, 0.3) is 0 Å². The van der Waals surface area contributed by atoms with E-state index >= 15 is 0 Å². The quantitative estimate of drug-likeness (QED) is 0.684. The van der Waals surface area contributed by atoms with E-state index < -0.39 is 22.4 Å². The van der Waals surface area contributed by atoms with Crippen molar-refractivity contribution >= 4 is 21.7 Å². The molecule has 24 heavy (non-hydrogen) atoms. The number of hydrogen-bond donors (Lipinski definition) is 1. The van der Waals surface area contributed by atoms with Crippen molar-refractivity contribution in [3.63, 3.8) is 0 Å². The third-order valence-corrected chi connectivity index (χ3v) is 5.18. The number of ether oxygens (including phenoxy) is 1. The van der Waals surface area contributed by atoms with E-state index in [1.165, 1.54) is 12.1 Å². The average molecular weight is 355 g/mol. The first-order valence-corrected chi connectivity index (χ1v) is 9.64. The number of amides is 1. The maximum absolute atomic E-state index is 12.1. The van der Waals surface area contributed by atoms with Crippen LogP contribution >= 0.6 is 0 Å². The largest absolute Gasteiger partial charge is 0.456 e. The fraction of sp³-hybridized carbons (Fsp3) is 0.529. The zero-order chi connectivity index (χ0) is 18.2. The Morgan fingerprint density at radius 1 is 1.21 bits per heavy atom. The van der Waals surface area contributed by atoms with Crippen molar-refractivity contribution in [2.75, 3.05) is 12.4 Å². The van der Waals surface area contributed by atoms with Crippen molar-refractivity contribution in [3.05, 3.63) is 29.8 Å². The smallest absolute Gasteiger partial charge is 0.307 e. The minimum absolute atomic E-state index is 0.0168. The van der Waals surface area contributed by atoms with Crippen LogP contribution in [0.3, 0.4) is 0 Å². The van der Waals surface area contributed by atoms with E-state index in [0.717, 1.165) is 18.4 Å². The van der Waals surface area contributed by atoms with Gasteiger partial charge in [0.15, 0.2) is 16.4 Å². The summed E-state index contributed by atoms with van der Waals surface area (Å²) in [6, 6.07) is 6.44. The summed E-state index contributed by atoms with van der Waals surface area (Å²) in [4.78, 5) is 23.4. The standard InChI is InChI=1S/C17H25NO5S/c1-4-5-14(3)18-16(19)12-23-17(20)10-11-24(21,22)15-8-6-13(2)7-9-15/h6-9,14H,4-5,10-12H2,1-3H3,(H,18,19)/t14-/m1/s1. The second-order valence-electron chi connectivity index (χ2n) is 5.80. The summed E-state index contributed by atoms with van der Waals surface area (Å²) in [5.41, 5.74) is 0.955. The van der Waals surface area contributed by atoms with E-state index in [0.29, 0.717) is 0 Å². The van der Waals surface area contributed by atoms with Gasteiger partial charge in [-0.15, -0.1) is 0 Å². The lowest BCUT2D eigenvalue weighted by Gasteiger charge is -2.12. The molecule has 0 aliphatic heterocycles. The molecule has 134 valence electrons. The van der Waals surface area contributed by atoms with Gasteiger partial charge in [-0.3, -0.25) is 9.59 Å². The first-order valence-electron chi connectivity index (χ1n) is 7.99. The van der Waals surface area contributed by atoms with Gasteiger partial charge in [0, 0.05) is 6.04 Å². The number of sulfone groups is 1. The van der Waals surface area contributed by atoms with Crippen LogP contribution in [0.4, 0.5) is 0 Å². The first-order chi connectivity index (χ1) is 11.2. The van der Waals surface area contributed by atoms with Gasteiger partial charge in [-0.25, -0.2) is 8.42 Å². The van der Waals surface area contributed by atoms with Crippen LogP contribution in [0, 0.1) is 6.92 Å². The Kier molecular flexibility index (Phi) is 7.91. The molecule has 0 unspecified atom stereocenters. The summed E-state index contributed by atoms with van der Waals surface area (Å²) in [5.74, 6) is -1.43. The van der Waals surface area contributed by atoms with Gasteiger partial charge in [0.2, 0.25) is 0 Å². The van der Waals surface area contributed by atoms with Gasteiger partial charge in [0.25, 0.3) is 5.91 Å². The molecule has 7 heteroatoms. The summed E-state index contributed by atoms with van der Waals surface area (Å²) in [7, 11) is -3.54. The van der Waals surface area contributed by atoms with Crippen molar-refractivity contribution < 1.29 is 22.7 Å². The predicted molar refractivity (Wildman–Crippen MR) is 91.3 cm³/mol. The highest BCUT2D eigenvalue weighted by Gasteiger charge is 2.17. The molecule has 0 spiro atoms. The van der Waals surface area contributed by atoms with Crippen molar-refractivity contribution in [1.29, 1.82) is 0 Å². The molecule has 0 aliphatic rings. The van der Waals surface area contributed by atoms with Crippen LogP contribution in [-0.2, 0) is 24.2 Å². The molecular formula is C17H25NO5S. The van der Waals surface area contributed by atoms with Crippen LogP contribution in [0.2, 0.25) is 0 Å². The van der Waals surface area contributed by atoms with Gasteiger partial charge in [-0.05, 0) is 32.4 Å². The summed E-state index contributed by atoms with van der Waals surface area (Å²) in [6.07, 6.45) is 1.50. The molecule has 1 rings (SSSR count). The maximum Gasteiger partial charge on any atom is 0.307 e. The fourth-order valence-corrected chi connectivity index (χ4v) is 3.34. The highest BCUT2D eigenvalue weighted by molar-refractivity contribution is 7.91. The normalized spacial score (nSPS) is 12.5. The summed E-state index contributed by atoms with van der Waals surface area (Å²) >= 11 is 0. The molecule has 1 aromatic rings. The van der Waals surface area contributed by atoms with E-state index in [4.69, 9.17) is 4.74 Å². The molecule has 0 fully saturated rings. The van der Waals surface area contributed by atoms with Crippen LogP contribution in [0.1, 0.15) is 38.7 Å². The van der Waals surface area contributed by atoms with Crippen LogP contribution < -0.4 is 5.32 Å². The van der Waals surface area contributed by atoms with E-state index in [1.54, 1.807) is 12.1 Å². The van der Waals surface area contributed by atoms with E-state index in [1.807, 2.05) is 20.8 Å². The average Bonchev–Trinajstić information content (AvgIpc) is 2.51. The molecule has 1 aromatic carbocycles. The SMILES string of the molecule is CCC[C@@H](C)NC(=O)COC(=O)CCS(=O)(=O)c1ccc(C)cc1. The fourth-order valence-electron chi connectivity index (χ4n) is 2.12. The summed E-state index contributed by atoms with van der Waals surface area (Å²) < 4.78 is 29.1. The van der Waals surface area contributed by atoms with Crippen LogP contribution in [0.15, 0.2) is 29.2 Å². The molecule has 0 saturated heterocycles. The van der Waals surface area contributed by atoms with Crippen molar-refractivity contribution in [2.45, 2.75) is 51.0 Å². The molecule has 0 aliphatic carbocycles. The monoisotopic (exact) mass is 355 g/mol. The van der Waals surface area contributed by atoms with E-state index in [2.05, 4.69) is 5.32 Å². The van der Waals surface area contributed by atoms with Gasteiger partial charge in [0.1, 0.15) is 0 Å². The maximum atomic E-state index is 12.1. The third-order valence-electron chi connectivity index (χ3n) is 3.45. The lowest BCUT2D eigenvalue weighted by Crippen LogP contribution is -2.35. The molecule has 0 radical (unpaired) electrons. The number of benzene rings is 1. The zero-order valence-corrected chi connectivity index (χ0v) is 15.2. The Morgan fingerprint density at radius 2 is 1.83 bits per heavy atom. The van der Waals surface area contributed by atoms with Crippen LogP contribution in [-0.4, -0.2) is 38.7 Å². The van der Waals surface area contributed by atoms with Crippen molar-refractivity contribution in [1.82, 2.24) is 5.32 Å². The van der Waals surface area contributed by atoms with Gasteiger partial charge in [-0.1, -0.05) is 31.0 Å². The molecule has 6 nitrogen and oxygen atoms in total. The van der Waals surface area contributed by atoms with Crippen molar-refractivity contribution in [3.8, 4) is 0 Å². The Balaban J connectivity index is 2.40. The lowest BCUT2D eigenvalue weighted by atomic mass is 10.2. The van der Waals surface area contributed by atoms with E-state index in [9.17, 15) is 18.0 Å². The number of nitrogens with one attached hydrogen (secondary N) is 1. The number of aryl methyl sites for hydroxylation is 1. The topological polar surface area (TPSA) is 89.5 Å². The number of rotatable bonds is 9. The summed E-state index contributed by atoms with van der Waals surface area (Å²) in [6.45, 7) is 5.35. The minimum Gasteiger partial charge on any atom is -0.456 e. The molecule has 1 amide bonds. The molecule has 0 heterocycles. The number of carbonyl (C=O) groups excluding carboxylic acids is 2. The Hall–Kier alpha value is -1.89. The Bertz CT molecular complexity index is 652. The van der Waals surface area contributed by atoms with Gasteiger partial charge in [-0.2, -0.15) is 0 Å². The lowest BCUT2D eigenvalue weighted by molar-refractivity contribution is -0.148. The van der Waals surface area contributed by atoms with Crippen LogP contribution in [0.5, 0.6) is 0 Å². The molecule has 0 saturated carbocycles. The molecule has 1 N–H and O–H groups in total. The van der Waals surface area contributed by atoms with Gasteiger partial charge < -0.3 is 10.1 Å².